The Morgan fingerprint density at radius 1 is 1.06 bits per heavy atom. The van der Waals surface area contributed by atoms with Crippen LogP contribution in [0, 0.1) is 5.92 Å². The Hall–Kier alpha value is -3.16. The lowest BCUT2D eigenvalue weighted by Gasteiger charge is -2.37. The molecule has 8 heteroatoms. The maximum absolute atomic E-state index is 13.0. The van der Waals surface area contributed by atoms with Gasteiger partial charge in [-0.15, -0.1) is 0 Å². The number of hydrogen-bond donors (Lipinski definition) is 0. The van der Waals surface area contributed by atoms with E-state index in [1.807, 2.05) is 37.8 Å². The van der Waals surface area contributed by atoms with Crippen molar-refractivity contribution in [2.24, 2.45) is 5.92 Å². The van der Waals surface area contributed by atoms with Gasteiger partial charge >= 0.3 is 12.1 Å². The van der Waals surface area contributed by atoms with Crippen molar-refractivity contribution in [3.63, 3.8) is 0 Å². The number of amides is 1. The van der Waals surface area contributed by atoms with Crippen LogP contribution in [0.15, 0.2) is 24.3 Å². The molecule has 0 spiro atoms. The van der Waals surface area contributed by atoms with Crippen molar-refractivity contribution in [2.45, 2.75) is 64.5 Å². The average Bonchev–Trinajstić information content (AvgIpc) is 3.18. The van der Waals surface area contributed by atoms with Gasteiger partial charge < -0.3 is 19.3 Å². The first-order chi connectivity index (χ1) is 16.7. The largest absolute Gasteiger partial charge is 0.463 e. The molecule has 3 heterocycles. The average molecular weight is 479 g/mol. The van der Waals surface area contributed by atoms with Crippen LogP contribution < -0.4 is 4.90 Å². The first-order valence-corrected chi connectivity index (χ1v) is 12.6. The normalized spacial score (nSPS) is 21.5. The lowest BCUT2D eigenvalue weighted by Crippen LogP contribution is -2.50. The van der Waals surface area contributed by atoms with Gasteiger partial charge in [0.25, 0.3) is 0 Å². The second-order valence-electron chi connectivity index (χ2n) is 10.7. The molecule has 0 N–H and O–H groups in total. The number of piperidine rings is 1. The monoisotopic (exact) mass is 478 g/mol. The summed E-state index contributed by atoms with van der Waals surface area (Å²) in [6.45, 7) is 7.85. The molecule has 2 unspecified atom stereocenters. The van der Waals surface area contributed by atoms with E-state index in [4.69, 9.17) is 19.4 Å². The summed E-state index contributed by atoms with van der Waals surface area (Å²) in [6.07, 6.45) is 4.54. The Morgan fingerprint density at radius 2 is 1.86 bits per heavy atom. The van der Waals surface area contributed by atoms with Crippen LogP contribution in [0.2, 0.25) is 0 Å². The van der Waals surface area contributed by atoms with Gasteiger partial charge in [0, 0.05) is 30.8 Å². The summed E-state index contributed by atoms with van der Waals surface area (Å²) in [5, 5.41) is 0. The fourth-order valence-corrected chi connectivity index (χ4v) is 5.69. The number of benzene rings is 1. The van der Waals surface area contributed by atoms with Crippen molar-refractivity contribution >= 4 is 17.9 Å². The first kappa shape index (κ1) is 23.6. The number of ether oxygens (including phenoxy) is 2. The number of methoxy groups -OCH3 is 1. The first-order valence-electron chi connectivity index (χ1n) is 12.6. The molecule has 1 amide bonds. The van der Waals surface area contributed by atoms with Gasteiger partial charge in [0.05, 0.1) is 18.8 Å². The van der Waals surface area contributed by atoms with Crippen LogP contribution in [0.5, 0.6) is 0 Å². The van der Waals surface area contributed by atoms with Crippen molar-refractivity contribution in [3.8, 4) is 11.3 Å². The van der Waals surface area contributed by atoms with Gasteiger partial charge in [-0.1, -0.05) is 24.3 Å². The number of aryl methyl sites for hydroxylation is 1. The molecule has 2 saturated heterocycles. The third kappa shape index (κ3) is 4.58. The van der Waals surface area contributed by atoms with Gasteiger partial charge in [-0.3, -0.25) is 0 Å². The van der Waals surface area contributed by atoms with E-state index in [-0.39, 0.29) is 18.0 Å². The van der Waals surface area contributed by atoms with Gasteiger partial charge in [0.1, 0.15) is 11.4 Å². The van der Waals surface area contributed by atoms with Crippen molar-refractivity contribution in [2.75, 3.05) is 31.6 Å². The molecule has 5 rings (SSSR count). The highest BCUT2D eigenvalue weighted by atomic mass is 16.6. The molecule has 2 fully saturated rings. The summed E-state index contributed by atoms with van der Waals surface area (Å²) in [7, 11) is 1.36. The molecular weight excluding hydrogens is 444 g/mol. The third-order valence-corrected chi connectivity index (χ3v) is 7.21. The highest BCUT2D eigenvalue weighted by Gasteiger charge is 2.43. The SMILES string of the molecule is COC(=O)c1nc2c(c(N3CC4CCCN(C(=O)OC(C)(C)C)C4C3)n1)CCCc1ccccc1-2. The lowest BCUT2D eigenvalue weighted by molar-refractivity contribution is 0.00668. The number of nitrogens with zero attached hydrogens (tertiary/aromatic N) is 4. The Morgan fingerprint density at radius 3 is 2.63 bits per heavy atom. The Bertz CT molecular complexity index is 1140. The second kappa shape index (κ2) is 9.13. The molecule has 3 aliphatic rings. The molecule has 35 heavy (non-hydrogen) atoms. The van der Waals surface area contributed by atoms with Crippen LogP contribution in [0.4, 0.5) is 10.6 Å². The van der Waals surface area contributed by atoms with Gasteiger partial charge in [0.15, 0.2) is 0 Å². The molecule has 2 aromatic rings. The van der Waals surface area contributed by atoms with E-state index in [2.05, 4.69) is 17.0 Å². The topological polar surface area (TPSA) is 84.9 Å². The second-order valence-corrected chi connectivity index (χ2v) is 10.7. The molecule has 2 aliphatic heterocycles. The minimum atomic E-state index is -0.539. The van der Waals surface area contributed by atoms with E-state index in [9.17, 15) is 9.59 Å². The predicted octanol–water partition coefficient (Wildman–Crippen LogP) is 4.25. The van der Waals surface area contributed by atoms with Gasteiger partial charge in [0.2, 0.25) is 5.82 Å². The van der Waals surface area contributed by atoms with E-state index < -0.39 is 11.6 Å². The molecule has 0 radical (unpaired) electrons. The van der Waals surface area contributed by atoms with E-state index in [1.165, 1.54) is 12.7 Å². The number of fused-ring (bicyclic) bond motifs is 4. The molecule has 1 aliphatic carbocycles. The molecular formula is C27H34N4O4. The highest BCUT2D eigenvalue weighted by molar-refractivity contribution is 5.87. The third-order valence-electron chi connectivity index (χ3n) is 7.21. The van der Waals surface area contributed by atoms with E-state index in [0.29, 0.717) is 19.0 Å². The zero-order valence-electron chi connectivity index (χ0n) is 21.0. The molecule has 0 saturated carbocycles. The zero-order chi connectivity index (χ0) is 24.7. The number of hydrogen-bond acceptors (Lipinski definition) is 7. The standard InChI is InChI=1S/C27H34N4O4/c1-27(2,3)35-26(33)31-14-8-11-18-15-30(16-21(18)31)24-20-13-7-10-17-9-5-6-12-19(17)22(20)28-23(29-24)25(32)34-4/h5-6,9,12,18,21H,7-8,10-11,13-16H2,1-4H3. The minimum absolute atomic E-state index is 0.0591. The molecule has 1 aromatic carbocycles. The molecule has 2 atom stereocenters. The van der Waals surface area contributed by atoms with Crippen molar-refractivity contribution in [1.82, 2.24) is 14.9 Å². The van der Waals surface area contributed by atoms with E-state index in [0.717, 1.165) is 61.3 Å². The van der Waals surface area contributed by atoms with Crippen LogP contribution in [-0.2, 0) is 22.3 Å². The summed E-state index contributed by atoms with van der Waals surface area (Å²) in [5.41, 5.74) is 3.65. The van der Waals surface area contributed by atoms with Gasteiger partial charge in [-0.2, -0.15) is 0 Å². The van der Waals surface area contributed by atoms with Crippen LogP contribution in [0.25, 0.3) is 11.3 Å². The fourth-order valence-electron chi connectivity index (χ4n) is 5.69. The minimum Gasteiger partial charge on any atom is -0.463 e. The number of carbonyl (C=O) groups excluding carboxylic acids is 2. The Balaban J connectivity index is 1.53. The maximum Gasteiger partial charge on any atom is 0.410 e. The Labute approximate surface area is 206 Å². The Kier molecular flexibility index (Phi) is 6.15. The number of aromatic nitrogens is 2. The molecule has 1 aromatic heterocycles. The summed E-state index contributed by atoms with van der Waals surface area (Å²) in [5.74, 6) is 0.673. The van der Waals surface area contributed by atoms with E-state index in [1.54, 1.807) is 0 Å². The summed E-state index contributed by atoms with van der Waals surface area (Å²) in [6, 6.07) is 8.32. The van der Waals surface area contributed by atoms with Crippen LogP contribution >= 0.6 is 0 Å². The summed E-state index contributed by atoms with van der Waals surface area (Å²) < 4.78 is 10.7. The van der Waals surface area contributed by atoms with Crippen molar-refractivity contribution < 1.29 is 19.1 Å². The van der Waals surface area contributed by atoms with Gasteiger partial charge in [-0.25, -0.2) is 19.6 Å². The smallest absolute Gasteiger partial charge is 0.410 e. The van der Waals surface area contributed by atoms with Crippen molar-refractivity contribution in [3.05, 3.63) is 41.2 Å². The van der Waals surface area contributed by atoms with Crippen LogP contribution in [-0.4, -0.2) is 65.3 Å². The molecule has 186 valence electrons. The quantitative estimate of drug-likeness (QED) is 0.597. The van der Waals surface area contributed by atoms with E-state index >= 15 is 0 Å². The van der Waals surface area contributed by atoms with Gasteiger partial charge in [-0.05, 0) is 64.4 Å². The molecule has 8 nitrogen and oxygen atoms in total. The number of carbonyl (C=O) groups is 2. The maximum atomic E-state index is 13.0. The number of esters is 1. The lowest BCUT2D eigenvalue weighted by atomic mass is 9.92. The van der Waals surface area contributed by atoms with Crippen LogP contribution in [0.1, 0.15) is 61.8 Å². The zero-order valence-corrected chi connectivity index (χ0v) is 21.0. The number of rotatable bonds is 2. The predicted molar refractivity (Wildman–Crippen MR) is 132 cm³/mol. The number of likely N-dealkylation sites (tertiary alicyclic amines) is 1. The summed E-state index contributed by atoms with van der Waals surface area (Å²) in [4.78, 5) is 39.1. The van der Waals surface area contributed by atoms with Crippen molar-refractivity contribution in [1.29, 1.82) is 0 Å². The van der Waals surface area contributed by atoms with Crippen LogP contribution in [0.3, 0.4) is 0 Å². The number of anilines is 1. The highest BCUT2D eigenvalue weighted by Crippen LogP contribution is 2.39. The molecule has 0 bridgehead atoms. The summed E-state index contributed by atoms with van der Waals surface area (Å²) >= 11 is 0. The fraction of sp³-hybridized carbons (Fsp3) is 0.556.